The first-order valence-corrected chi connectivity index (χ1v) is 9.80. The van der Waals surface area contributed by atoms with Gasteiger partial charge in [0, 0.05) is 31.3 Å². The number of nitrogens with two attached hydrogens (primary N) is 1. The number of para-hydroxylation sites is 2. The van der Waals surface area contributed by atoms with E-state index in [1.165, 1.54) is 6.92 Å². The van der Waals surface area contributed by atoms with Gasteiger partial charge in [0.15, 0.2) is 0 Å². The van der Waals surface area contributed by atoms with Gasteiger partial charge in [-0.05, 0) is 29.7 Å². The molecule has 1 aromatic heterocycles. The van der Waals surface area contributed by atoms with E-state index in [2.05, 4.69) is 20.6 Å². The van der Waals surface area contributed by atoms with Crippen molar-refractivity contribution in [2.75, 3.05) is 10.6 Å². The summed E-state index contributed by atoms with van der Waals surface area (Å²) < 4.78 is 0. The molecule has 0 saturated carbocycles. The van der Waals surface area contributed by atoms with Gasteiger partial charge in [-0.15, -0.1) is 0 Å². The van der Waals surface area contributed by atoms with Crippen LogP contribution in [0.4, 0.5) is 17.3 Å². The quantitative estimate of drug-likeness (QED) is 0.311. The zero-order valence-corrected chi connectivity index (χ0v) is 17.2. The van der Waals surface area contributed by atoms with E-state index in [-0.39, 0.29) is 23.9 Å². The van der Waals surface area contributed by atoms with Gasteiger partial charge in [-0.3, -0.25) is 15.0 Å². The Morgan fingerprint density at radius 3 is 2.39 bits per heavy atom. The number of aryl methyl sites for hydroxylation is 1. The maximum atomic E-state index is 11.8. The molecule has 8 heteroatoms. The van der Waals surface area contributed by atoms with Gasteiger partial charge < -0.3 is 16.4 Å². The lowest BCUT2D eigenvalue weighted by atomic mass is 10.0. The van der Waals surface area contributed by atoms with Crippen molar-refractivity contribution in [1.29, 1.82) is 5.41 Å². The molecule has 0 aliphatic carbocycles. The van der Waals surface area contributed by atoms with Crippen LogP contribution in [0.25, 0.3) is 11.1 Å². The molecule has 0 radical (unpaired) electrons. The number of amidine groups is 1. The fourth-order valence-corrected chi connectivity index (χ4v) is 3.04. The summed E-state index contributed by atoms with van der Waals surface area (Å²) in [7, 11) is 0. The molecule has 5 N–H and O–H groups in total. The topological polar surface area (TPSA) is 134 Å². The molecular weight excluding hydrogens is 392 g/mol. The van der Waals surface area contributed by atoms with E-state index >= 15 is 0 Å². The van der Waals surface area contributed by atoms with E-state index in [9.17, 15) is 9.59 Å². The van der Waals surface area contributed by atoms with Crippen LogP contribution >= 0.6 is 0 Å². The molecule has 3 rings (SSSR count). The molecule has 0 atom stereocenters. The summed E-state index contributed by atoms with van der Waals surface area (Å²) in [5.74, 6) is 0.0985. The minimum atomic E-state index is -0.159. The zero-order valence-electron chi connectivity index (χ0n) is 17.2. The van der Waals surface area contributed by atoms with Crippen molar-refractivity contribution in [3.05, 3.63) is 66.5 Å². The number of ketones is 1. The van der Waals surface area contributed by atoms with Crippen molar-refractivity contribution in [1.82, 2.24) is 9.97 Å². The van der Waals surface area contributed by atoms with Crippen molar-refractivity contribution < 1.29 is 9.59 Å². The molecule has 158 valence electrons. The van der Waals surface area contributed by atoms with Crippen molar-refractivity contribution in [3.63, 3.8) is 0 Å². The Hall–Kier alpha value is -4.07. The summed E-state index contributed by atoms with van der Waals surface area (Å²) in [6.07, 6.45) is 4.36. The highest BCUT2D eigenvalue weighted by Crippen LogP contribution is 2.25. The Bertz CT molecular complexity index is 1100. The molecule has 0 unspecified atom stereocenters. The molecule has 0 bridgehead atoms. The molecule has 0 aliphatic heterocycles. The summed E-state index contributed by atoms with van der Waals surface area (Å²) in [5.41, 5.74) is 9.43. The van der Waals surface area contributed by atoms with Crippen LogP contribution in [-0.4, -0.2) is 27.5 Å². The van der Waals surface area contributed by atoms with Crippen LogP contribution in [0.3, 0.4) is 0 Å². The predicted octanol–water partition coefficient (Wildman–Crippen LogP) is 3.67. The summed E-state index contributed by atoms with van der Waals surface area (Å²) >= 11 is 0. The highest BCUT2D eigenvalue weighted by molar-refractivity contribution is 5.98. The molecule has 2 aromatic carbocycles. The van der Waals surface area contributed by atoms with Crippen LogP contribution in [0.2, 0.25) is 0 Å². The number of rotatable bonds is 9. The minimum Gasteiger partial charge on any atom is -0.387 e. The lowest BCUT2D eigenvalue weighted by molar-refractivity contribution is -0.118. The normalized spacial score (nSPS) is 10.4. The Kier molecular flexibility index (Phi) is 7.05. The van der Waals surface area contributed by atoms with E-state index in [1.54, 1.807) is 18.5 Å². The zero-order chi connectivity index (χ0) is 22.2. The van der Waals surface area contributed by atoms with Gasteiger partial charge in [-0.25, -0.2) is 9.97 Å². The molecule has 31 heavy (non-hydrogen) atoms. The fourth-order valence-electron chi connectivity index (χ4n) is 3.04. The Morgan fingerprint density at radius 1 is 1.00 bits per heavy atom. The van der Waals surface area contributed by atoms with Crippen LogP contribution in [0.5, 0.6) is 0 Å². The number of nitrogens with zero attached hydrogens (tertiary/aromatic N) is 2. The third-order valence-electron chi connectivity index (χ3n) is 4.48. The number of benzene rings is 2. The Labute approximate surface area is 180 Å². The summed E-state index contributed by atoms with van der Waals surface area (Å²) in [4.78, 5) is 31.9. The number of hydrogen-bond acceptors (Lipinski definition) is 6. The number of anilines is 3. The fraction of sp³-hybridized carbons (Fsp3) is 0.174. The average molecular weight is 416 g/mol. The average Bonchev–Trinajstić information content (AvgIpc) is 2.74. The molecule has 1 heterocycles. The number of amides is 1. The molecule has 1 amide bonds. The molecule has 8 nitrogen and oxygen atoms in total. The van der Waals surface area contributed by atoms with E-state index in [0.29, 0.717) is 30.2 Å². The van der Waals surface area contributed by atoms with Gasteiger partial charge in [-0.1, -0.05) is 36.4 Å². The minimum absolute atomic E-state index is 0.00689. The van der Waals surface area contributed by atoms with Crippen molar-refractivity contribution in [2.45, 2.75) is 26.2 Å². The van der Waals surface area contributed by atoms with Crippen molar-refractivity contribution in [2.24, 2.45) is 5.73 Å². The number of carbonyl (C=O) groups is 2. The number of hydrogen-bond donors (Lipinski definition) is 4. The van der Waals surface area contributed by atoms with Crippen LogP contribution in [-0.2, 0) is 16.0 Å². The molecule has 0 saturated heterocycles. The highest BCUT2D eigenvalue weighted by Gasteiger charge is 2.08. The third-order valence-corrected chi connectivity index (χ3v) is 4.48. The largest absolute Gasteiger partial charge is 0.387 e. The SMILES string of the molecule is CC(=O)Nc1ccccc1Nc1ncc(-c2cccc(CCC(=O)CC(=N)N)c2)cn1. The number of Topliss-reactive ketones (excluding diaryl/α,β-unsaturated/α-hetero) is 1. The first-order chi connectivity index (χ1) is 14.9. The number of aromatic nitrogens is 2. The molecule has 0 aliphatic rings. The van der Waals surface area contributed by atoms with Gasteiger partial charge in [0.05, 0.1) is 23.6 Å². The van der Waals surface area contributed by atoms with E-state index in [1.807, 2.05) is 42.5 Å². The van der Waals surface area contributed by atoms with Crippen molar-refractivity contribution in [3.8, 4) is 11.1 Å². The lowest BCUT2D eigenvalue weighted by Crippen LogP contribution is -2.15. The van der Waals surface area contributed by atoms with Crippen LogP contribution in [0.15, 0.2) is 60.9 Å². The monoisotopic (exact) mass is 416 g/mol. The summed E-state index contributed by atoms with van der Waals surface area (Å²) in [5, 5.41) is 13.1. The van der Waals surface area contributed by atoms with Crippen molar-refractivity contribution >= 4 is 34.8 Å². The first kappa shape index (κ1) is 21.6. The lowest BCUT2D eigenvalue weighted by Gasteiger charge is -2.11. The van der Waals surface area contributed by atoms with Crippen LogP contribution in [0.1, 0.15) is 25.3 Å². The first-order valence-electron chi connectivity index (χ1n) is 9.80. The molecule has 0 fully saturated rings. The Balaban J connectivity index is 1.69. The van der Waals surface area contributed by atoms with Crippen LogP contribution < -0.4 is 16.4 Å². The summed E-state index contributed by atoms with van der Waals surface area (Å²) in [6.45, 7) is 1.45. The molecule has 3 aromatic rings. The van der Waals surface area contributed by atoms with Gasteiger partial charge >= 0.3 is 0 Å². The highest BCUT2D eigenvalue weighted by atomic mass is 16.1. The smallest absolute Gasteiger partial charge is 0.227 e. The standard InChI is InChI=1S/C23H24N6O2/c1-15(30)28-20-7-2-3-8-21(20)29-23-26-13-18(14-27-23)17-6-4-5-16(11-17)9-10-19(31)12-22(24)25/h2-8,11,13-14H,9-10,12H2,1H3,(H3,24,25)(H,28,30)(H,26,27,29). The summed E-state index contributed by atoms with van der Waals surface area (Å²) in [6, 6.07) is 15.2. The second-order valence-corrected chi connectivity index (χ2v) is 7.09. The third kappa shape index (κ3) is 6.46. The second kappa shape index (κ2) is 10.1. The van der Waals surface area contributed by atoms with E-state index in [4.69, 9.17) is 11.1 Å². The van der Waals surface area contributed by atoms with E-state index in [0.717, 1.165) is 16.7 Å². The van der Waals surface area contributed by atoms with Gasteiger partial charge in [0.1, 0.15) is 5.78 Å². The second-order valence-electron chi connectivity index (χ2n) is 7.09. The molecular formula is C23H24N6O2. The van der Waals surface area contributed by atoms with Gasteiger partial charge in [0.2, 0.25) is 11.9 Å². The maximum Gasteiger partial charge on any atom is 0.227 e. The number of nitrogens with one attached hydrogen (secondary N) is 3. The maximum absolute atomic E-state index is 11.8. The van der Waals surface area contributed by atoms with Gasteiger partial charge in [0.25, 0.3) is 0 Å². The van der Waals surface area contributed by atoms with Crippen LogP contribution in [0, 0.1) is 5.41 Å². The Morgan fingerprint density at radius 2 is 1.71 bits per heavy atom. The van der Waals surface area contributed by atoms with E-state index < -0.39 is 0 Å². The number of carbonyl (C=O) groups excluding carboxylic acids is 2. The van der Waals surface area contributed by atoms with Gasteiger partial charge in [-0.2, -0.15) is 0 Å². The molecule has 0 spiro atoms. The predicted molar refractivity (Wildman–Crippen MR) is 121 cm³/mol.